The van der Waals surface area contributed by atoms with E-state index >= 15 is 0 Å². The number of carbonyl (C=O) groups is 1. The fourth-order valence-electron chi connectivity index (χ4n) is 4.49. The van der Waals surface area contributed by atoms with Crippen molar-refractivity contribution in [2.45, 2.75) is 30.7 Å². The Morgan fingerprint density at radius 3 is 2.33 bits per heavy atom. The first-order chi connectivity index (χ1) is 20.5. The number of fused-ring (bicyclic) bond motifs is 1. The van der Waals surface area contributed by atoms with Crippen LogP contribution in [0.25, 0.3) is 28.4 Å². The third-order valence-electron chi connectivity index (χ3n) is 6.67. The zero-order valence-corrected chi connectivity index (χ0v) is 22.1. The highest BCUT2D eigenvalue weighted by Crippen LogP contribution is 2.34. The second-order valence-corrected chi connectivity index (χ2v) is 9.64. The molecular formula is C30H26O13. The lowest BCUT2D eigenvalue weighted by molar-refractivity contribution is -0.280. The van der Waals surface area contributed by atoms with Crippen molar-refractivity contribution in [1.82, 2.24) is 0 Å². The molecule has 0 saturated carbocycles. The molecule has 5 rings (SSSR count). The van der Waals surface area contributed by atoms with Gasteiger partial charge < -0.3 is 54.4 Å². The van der Waals surface area contributed by atoms with Crippen LogP contribution in [-0.4, -0.2) is 79.0 Å². The first-order valence-electron chi connectivity index (χ1n) is 12.8. The Labute approximate surface area is 242 Å². The summed E-state index contributed by atoms with van der Waals surface area (Å²) in [5.74, 6) is -2.26. The summed E-state index contributed by atoms with van der Waals surface area (Å²) in [4.78, 5) is 25.2. The Balaban J connectivity index is 1.38. The topological polar surface area (TPSA) is 217 Å². The number of hydrogen-bond donors (Lipinski definition) is 7. The summed E-state index contributed by atoms with van der Waals surface area (Å²) in [6.45, 7) is -0.738. The standard InChI is InChI=1S/C30H26O13/c31-13-24-27(38)29(43-25(37)8-2-14-1-7-18(33)19(34)9-14)28(39)30(42-24)40-17-10-20(35)26-21(36)12-22(41-23(26)11-17)15-3-5-16(32)6-4-15/h1-12,24,27-35,38-39H,13H2/t24-,27-,28-,29+,30-/m1/s1. The van der Waals surface area contributed by atoms with Crippen molar-refractivity contribution in [3.05, 3.63) is 82.5 Å². The average molecular weight is 595 g/mol. The summed E-state index contributed by atoms with van der Waals surface area (Å²) in [7, 11) is 0. The highest BCUT2D eigenvalue weighted by Gasteiger charge is 2.47. The molecular weight excluding hydrogens is 568 g/mol. The van der Waals surface area contributed by atoms with Crippen molar-refractivity contribution in [3.8, 4) is 40.1 Å². The van der Waals surface area contributed by atoms with Crippen LogP contribution in [0.15, 0.2) is 76.0 Å². The number of hydrogen-bond acceptors (Lipinski definition) is 13. The lowest BCUT2D eigenvalue weighted by Crippen LogP contribution is -2.61. The molecule has 224 valence electrons. The van der Waals surface area contributed by atoms with E-state index in [-0.39, 0.29) is 34.0 Å². The van der Waals surface area contributed by atoms with Crippen molar-refractivity contribution < 1.29 is 59.2 Å². The van der Waals surface area contributed by atoms with Crippen LogP contribution in [0.3, 0.4) is 0 Å². The van der Waals surface area contributed by atoms with Gasteiger partial charge in [0.1, 0.15) is 46.2 Å². The largest absolute Gasteiger partial charge is 0.508 e. The summed E-state index contributed by atoms with van der Waals surface area (Å²) in [5, 5.41) is 70.2. The maximum atomic E-state index is 12.7. The number of benzene rings is 3. The normalized spacial score (nSPS) is 22.1. The molecule has 4 aromatic rings. The van der Waals surface area contributed by atoms with Crippen LogP contribution < -0.4 is 10.2 Å². The number of carbonyl (C=O) groups excluding carboxylic acids is 1. The summed E-state index contributed by atoms with van der Waals surface area (Å²) in [6, 6.07) is 13.2. The number of aromatic hydroxyl groups is 4. The quantitative estimate of drug-likeness (QED) is 0.0923. The van der Waals surface area contributed by atoms with Crippen LogP contribution in [0.5, 0.6) is 28.7 Å². The summed E-state index contributed by atoms with van der Waals surface area (Å²) < 4.78 is 22.2. The Hall–Kier alpha value is -5.08. The zero-order valence-electron chi connectivity index (χ0n) is 22.1. The molecule has 2 heterocycles. The summed E-state index contributed by atoms with van der Waals surface area (Å²) in [6.07, 6.45) is -5.84. The number of esters is 1. The summed E-state index contributed by atoms with van der Waals surface area (Å²) in [5.41, 5.74) is 0.164. The zero-order chi connectivity index (χ0) is 30.8. The van der Waals surface area contributed by atoms with Gasteiger partial charge in [0.15, 0.2) is 29.1 Å². The van der Waals surface area contributed by atoms with Gasteiger partial charge in [-0.05, 0) is 48.0 Å². The fourth-order valence-corrected chi connectivity index (χ4v) is 4.49. The van der Waals surface area contributed by atoms with Crippen molar-refractivity contribution >= 4 is 23.0 Å². The second kappa shape index (κ2) is 12.0. The highest BCUT2D eigenvalue weighted by atomic mass is 16.7. The minimum atomic E-state index is -1.79. The van der Waals surface area contributed by atoms with Gasteiger partial charge >= 0.3 is 5.97 Å². The Kier molecular flexibility index (Phi) is 8.23. The molecule has 0 bridgehead atoms. The fraction of sp³-hybridized carbons (Fsp3) is 0.200. The molecule has 13 nitrogen and oxygen atoms in total. The van der Waals surface area contributed by atoms with Crippen molar-refractivity contribution in [1.29, 1.82) is 0 Å². The molecule has 1 fully saturated rings. The van der Waals surface area contributed by atoms with Crippen LogP contribution >= 0.6 is 0 Å². The van der Waals surface area contributed by atoms with Crippen LogP contribution in [0, 0.1) is 0 Å². The van der Waals surface area contributed by atoms with Gasteiger partial charge in [-0.25, -0.2) is 4.79 Å². The average Bonchev–Trinajstić information content (AvgIpc) is 2.97. The molecule has 0 unspecified atom stereocenters. The Morgan fingerprint density at radius 1 is 0.884 bits per heavy atom. The van der Waals surface area contributed by atoms with Crippen molar-refractivity contribution in [2.24, 2.45) is 0 Å². The molecule has 13 heteroatoms. The third kappa shape index (κ3) is 6.24. The minimum Gasteiger partial charge on any atom is -0.508 e. The smallest absolute Gasteiger partial charge is 0.331 e. The lowest BCUT2D eigenvalue weighted by Gasteiger charge is -2.41. The van der Waals surface area contributed by atoms with E-state index in [1.807, 2.05) is 0 Å². The van der Waals surface area contributed by atoms with Crippen molar-refractivity contribution in [2.75, 3.05) is 6.61 Å². The Morgan fingerprint density at radius 2 is 1.63 bits per heavy atom. The van der Waals surface area contributed by atoms with Gasteiger partial charge in [-0.2, -0.15) is 0 Å². The number of phenols is 4. The monoisotopic (exact) mass is 594 g/mol. The second-order valence-electron chi connectivity index (χ2n) is 9.64. The lowest BCUT2D eigenvalue weighted by atomic mass is 9.99. The number of phenolic OH excluding ortho intramolecular Hbond substituents is 4. The summed E-state index contributed by atoms with van der Waals surface area (Å²) >= 11 is 0. The van der Waals surface area contributed by atoms with E-state index in [0.717, 1.165) is 12.1 Å². The molecule has 3 aromatic carbocycles. The molecule has 1 aliphatic heterocycles. The van der Waals surface area contributed by atoms with Crippen molar-refractivity contribution in [3.63, 3.8) is 0 Å². The minimum absolute atomic E-state index is 0.00944. The van der Waals surface area contributed by atoms with Crippen LogP contribution in [-0.2, 0) is 14.3 Å². The van der Waals surface area contributed by atoms with E-state index in [1.165, 1.54) is 60.7 Å². The number of aliphatic hydroxyl groups excluding tert-OH is 3. The van der Waals surface area contributed by atoms with E-state index < -0.39 is 60.2 Å². The molecule has 7 N–H and O–H groups in total. The first kappa shape index (κ1) is 29.4. The van der Waals surface area contributed by atoms with E-state index in [4.69, 9.17) is 18.6 Å². The number of rotatable bonds is 7. The molecule has 0 radical (unpaired) electrons. The van der Waals surface area contributed by atoms with Gasteiger partial charge in [-0.15, -0.1) is 0 Å². The molecule has 0 aliphatic carbocycles. The van der Waals surface area contributed by atoms with Gasteiger partial charge in [-0.3, -0.25) is 4.79 Å². The molecule has 1 aliphatic rings. The molecule has 0 spiro atoms. The SMILES string of the molecule is O=C(C=Cc1ccc(O)c(O)c1)O[C@@H]1[C@@H](O)[C@H](Oc2cc(O)c3c(=O)cc(-c4ccc(O)cc4)oc3c2)O[C@H](CO)[C@H]1O. The van der Waals surface area contributed by atoms with E-state index in [0.29, 0.717) is 11.1 Å². The molecule has 1 aromatic heterocycles. The maximum Gasteiger partial charge on any atom is 0.331 e. The predicted molar refractivity (Wildman–Crippen MR) is 148 cm³/mol. The van der Waals surface area contributed by atoms with Crippen LogP contribution in [0.1, 0.15) is 5.56 Å². The highest BCUT2D eigenvalue weighted by molar-refractivity contribution is 5.87. The van der Waals surface area contributed by atoms with Crippen LogP contribution in [0.2, 0.25) is 0 Å². The third-order valence-corrected chi connectivity index (χ3v) is 6.67. The van der Waals surface area contributed by atoms with Gasteiger partial charge in [-0.1, -0.05) is 6.07 Å². The predicted octanol–water partition coefficient (Wildman–Crippen LogP) is 1.73. The molecule has 43 heavy (non-hydrogen) atoms. The molecule has 5 atom stereocenters. The Bertz CT molecular complexity index is 1730. The first-order valence-corrected chi connectivity index (χ1v) is 12.8. The van der Waals surface area contributed by atoms with Gasteiger partial charge in [0, 0.05) is 29.8 Å². The number of ether oxygens (including phenoxy) is 3. The number of aliphatic hydroxyl groups is 3. The molecule has 1 saturated heterocycles. The van der Waals surface area contributed by atoms with Gasteiger partial charge in [0.05, 0.1) is 6.61 Å². The molecule has 0 amide bonds. The van der Waals surface area contributed by atoms with Gasteiger partial charge in [0.25, 0.3) is 0 Å². The van der Waals surface area contributed by atoms with E-state index in [1.54, 1.807) is 0 Å². The maximum absolute atomic E-state index is 12.7. The van der Waals surface area contributed by atoms with E-state index in [2.05, 4.69) is 0 Å². The van der Waals surface area contributed by atoms with Crippen LogP contribution in [0.4, 0.5) is 0 Å². The van der Waals surface area contributed by atoms with Gasteiger partial charge in [0.2, 0.25) is 6.29 Å². The van der Waals surface area contributed by atoms with E-state index in [9.17, 15) is 45.3 Å².